The first-order valence-corrected chi connectivity index (χ1v) is 5.34. The zero-order valence-corrected chi connectivity index (χ0v) is 9.62. The zero-order valence-electron chi connectivity index (χ0n) is 9.62. The van der Waals surface area contributed by atoms with Crippen molar-refractivity contribution >= 4 is 0 Å². The van der Waals surface area contributed by atoms with Crippen molar-refractivity contribution in [3.63, 3.8) is 0 Å². The maximum atomic E-state index is 4.14. The molecule has 0 fully saturated rings. The number of aryl methyl sites for hydroxylation is 1. The normalized spacial score (nSPS) is 15.4. The van der Waals surface area contributed by atoms with E-state index >= 15 is 0 Å². The molecular weight excluding hydrogens is 174 g/mol. The minimum absolute atomic E-state index is 0.570. The van der Waals surface area contributed by atoms with E-state index < -0.39 is 0 Å². The van der Waals surface area contributed by atoms with Crippen molar-refractivity contribution in [1.29, 1.82) is 0 Å². The number of hydrogen-bond acceptors (Lipinski definition) is 2. The monoisotopic (exact) mass is 195 g/mol. The first-order valence-electron chi connectivity index (χ1n) is 5.34. The second-order valence-corrected chi connectivity index (χ2v) is 4.08. The van der Waals surface area contributed by atoms with Gasteiger partial charge in [-0.2, -0.15) is 5.10 Å². The van der Waals surface area contributed by atoms with Gasteiger partial charge in [0.15, 0.2) is 0 Å². The van der Waals surface area contributed by atoms with Gasteiger partial charge in [0.2, 0.25) is 0 Å². The van der Waals surface area contributed by atoms with Crippen molar-refractivity contribution in [3.8, 4) is 0 Å². The van der Waals surface area contributed by atoms with Gasteiger partial charge < -0.3 is 5.32 Å². The second kappa shape index (κ2) is 5.15. The van der Waals surface area contributed by atoms with Gasteiger partial charge in [0.05, 0.1) is 6.20 Å². The van der Waals surface area contributed by atoms with E-state index in [9.17, 15) is 0 Å². The van der Waals surface area contributed by atoms with Crippen LogP contribution in [0, 0.1) is 5.92 Å². The maximum Gasteiger partial charge on any atom is 0.0534 e. The lowest BCUT2D eigenvalue weighted by atomic mass is 10.0. The Morgan fingerprint density at radius 1 is 1.50 bits per heavy atom. The average molecular weight is 195 g/mol. The standard InChI is InChI=1S/C11H21N3/c1-5-9(2)10(3)12-6-11-7-13-14(4)8-11/h7-10,12H,5-6H2,1-4H3. The van der Waals surface area contributed by atoms with Gasteiger partial charge in [0.25, 0.3) is 0 Å². The van der Waals surface area contributed by atoms with Gasteiger partial charge in [0.1, 0.15) is 0 Å². The van der Waals surface area contributed by atoms with E-state index in [0.717, 1.165) is 12.5 Å². The molecule has 1 aromatic heterocycles. The van der Waals surface area contributed by atoms with Gasteiger partial charge in [0, 0.05) is 31.4 Å². The fourth-order valence-electron chi connectivity index (χ4n) is 1.40. The van der Waals surface area contributed by atoms with Crippen molar-refractivity contribution < 1.29 is 0 Å². The van der Waals surface area contributed by atoms with E-state index in [4.69, 9.17) is 0 Å². The molecule has 0 spiro atoms. The van der Waals surface area contributed by atoms with Crippen LogP contribution in [0.2, 0.25) is 0 Å². The Bertz CT molecular complexity index is 267. The summed E-state index contributed by atoms with van der Waals surface area (Å²) in [5.41, 5.74) is 1.25. The Morgan fingerprint density at radius 3 is 2.71 bits per heavy atom. The van der Waals surface area contributed by atoms with Crippen molar-refractivity contribution in [2.45, 2.75) is 39.8 Å². The first-order chi connectivity index (χ1) is 6.63. The third-order valence-corrected chi connectivity index (χ3v) is 2.88. The SMILES string of the molecule is CCC(C)C(C)NCc1cnn(C)c1. The highest BCUT2D eigenvalue weighted by atomic mass is 15.2. The summed E-state index contributed by atoms with van der Waals surface area (Å²) in [6, 6.07) is 0.570. The average Bonchev–Trinajstić information content (AvgIpc) is 2.59. The number of rotatable bonds is 5. The lowest BCUT2D eigenvalue weighted by Crippen LogP contribution is -2.31. The van der Waals surface area contributed by atoms with Gasteiger partial charge in [-0.1, -0.05) is 20.3 Å². The molecule has 1 aromatic rings. The summed E-state index contributed by atoms with van der Waals surface area (Å²) in [6.45, 7) is 7.66. The van der Waals surface area contributed by atoms with Crippen LogP contribution in [0.3, 0.4) is 0 Å². The predicted molar refractivity (Wildman–Crippen MR) is 59.0 cm³/mol. The lowest BCUT2D eigenvalue weighted by Gasteiger charge is -2.19. The summed E-state index contributed by atoms with van der Waals surface area (Å²) in [4.78, 5) is 0. The van der Waals surface area contributed by atoms with Crippen molar-refractivity contribution in [3.05, 3.63) is 18.0 Å². The fourth-order valence-corrected chi connectivity index (χ4v) is 1.40. The van der Waals surface area contributed by atoms with Crippen LogP contribution in [0.4, 0.5) is 0 Å². The summed E-state index contributed by atoms with van der Waals surface area (Å²) in [5.74, 6) is 0.728. The molecule has 0 aliphatic heterocycles. The topological polar surface area (TPSA) is 29.9 Å². The van der Waals surface area contributed by atoms with Crippen LogP contribution in [0.1, 0.15) is 32.8 Å². The molecule has 2 unspecified atom stereocenters. The maximum absolute atomic E-state index is 4.14. The number of aromatic nitrogens is 2. The highest BCUT2D eigenvalue weighted by Crippen LogP contribution is 2.07. The first kappa shape index (κ1) is 11.2. The Kier molecular flexibility index (Phi) is 4.14. The molecule has 0 radical (unpaired) electrons. The van der Waals surface area contributed by atoms with E-state index in [1.807, 2.05) is 17.9 Å². The smallest absolute Gasteiger partial charge is 0.0534 e. The zero-order chi connectivity index (χ0) is 10.6. The van der Waals surface area contributed by atoms with Crippen molar-refractivity contribution in [2.24, 2.45) is 13.0 Å². The molecule has 2 atom stereocenters. The van der Waals surface area contributed by atoms with Gasteiger partial charge in [-0.3, -0.25) is 4.68 Å². The van der Waals surface area contributed by atoms with Crippen LogP contribution in [0.25, 0.3) is 0 Å². The Balaban J connectivity index is 2.33. The molecule has 14 heavy (non-hydrogen) atoms. The van der Waals surface area contributed by atoms with Gasteiger partial charge in [-0.05, 0) is 12.8 Å². The summed E-state index contributed by atoms with van der Waals surface area (Å²) in [7, 11) is 1.95. The molecule has 0 bridgehead atoms. The Hall–Kier alpha value is -0.830. The van der Waals surface area contributed by atoms with E-state index in [0.29, 0.717) is 6.04 Å². The third kappa shape index (κ3) is 3.14. The molecule has 1 rings (SSSR count). The summed E-state index contributed by atoms with van der Waals surface area (Å²) >= 11 is 0. The van der Waals surface area contributed by atoms with E-state index in [2.05, 4.69) is 37.4 Å². The third-order valence-electron chi connectivity index (χ3n) is 2.88. The lowest BCUT2D eigenvalue weighted by molar-refractivity contribution is 0.389. The highest BCUT2D eigenvalue weighted by Gasteiger charge is 2.09. The van der Waals surface area contributed by atoms with E-state index in [-0.39, 0.29) is 0 Å². The second-order valence-electron chi connectivity index (χ2n) is 4.08. The van der Waals surface area contributed by atoms with Crippen molar-refractivity contribution in [2.75, 3.05) is 0 Å². The van der Waals surface area contributed by atoms with Crippen molar-refractivity contribution in [1.82, 2.24) is 15.1 Å². The van der Waals surface area contributed by atoms with Gasteiger partial charge in [-0.25, -0.2) is 0 Å². The molecule has 80 valence electrons. The molecule has 0 saturated carbocycles. The number of nitrogens with zero attached hydrogens (tertiary/aromatic N) is 2. The van der Waals surface area contributed by atoms with Crippen LogP contribution >= 0.6 is 0 Å². The minimum atomic E-state index is 0.570. The molecule has 3 heteroatoms. The minimum Gasteiger partial charge on any atom is -0.310 e. The summed E-state index contributed by atoms with van der Waals surface area (Å²) in [6.07, 6.45) is 5.19. The molecule has 1 N–H and O–H groups in total. The molecule has 0 aliphatic carbocycles. The van der Waals surface area contributed by atoms with Gasteiger partial charge >= 0.3 is 0 Å². The van der Waals surface area contributed by atoms with Crippen LogP contribution in [0.5, 0.6) is 0 Å². The summed E-state index contributed by atoms with van der Waals surface area (Å²) < 4.78 is 1.84. The van der Waals surface area contributed by atoms with Crippen LogP contribution in [0.15, 0.2) is 12.4 Å². The fraction of sp³-hybridized carbons (Fsp3) is 0.727. The molecule has 0 aromatic carbocycles. The number of nitrogens with one attached hydrogen (secondary N) is 1. The van der Waals surface area contributed by atoms with Crippen LogP contribution in [-0.4, -0.2) is 15.8 Å². The van der Waals surface area contributed by atoms with E-state index in [1.165, 1.54) is 12.0 Å². The highest BCUT2D eigenvalue weighted by molar-refractivity contribution is 5.03. The predicted octanol–water partition coefficient (Wildman–Crippen LogP) is 1.94. The molecule has 3 nitrogen and oxygen atoms in total. The Morgan fingerprint density at radius 2 is 2.21 bits per heavy atom. The van der Waals surface area contributed by atoms with E-state index in [1.54, 1.807) is 0 Å². The van der Waals surface area contributed by atoms with Crippen LogP contribution < -0.4 is 5.32 Å². The molecule has 0 aliphatic rings. The van der Waals surface area contributed by atoms with Gasteiger partial charge in [-0.15, -0.1) is 0 Å². The molecule has 0 saturated heterocycles. The number of hydrogen-bond donors (Lipinski definition) is 1. The summed E-state index contributed by atoms with van der Waals surface area (Å²) in [5, 5.41) is 7.65. The molecular formula is C11H21N3. The molecule has 1 heterocycles. The largest absolute Gasteiger partial charge is 0.310 e. The quantitative estimate of drug-likeness (QED) is 0.778. The Labute approximate surface area is 86.5 Å². The van der Waals surface area contributed by atoms with Crippen LogP contribution in [-0.2, 0) is 13.6 Å². The molecule has 0 amide bonds.